The highest BCUT2D eigenvalue weighted by atomic mass is 16.5. The number of fused-ring (bicyclic) bond motifs is 1. The van der Waals surface area contributed by atoms with Crippen LogP contribution in [-0.4, -0.2) is 14.8 Å². The predicted octanol–water partition coefficient (Wildman–Crippen LogP) is 3.34. The maximum Gasteiger partial charge on any atom is 0.169 e. The summed E-state index contributed by atoms with van der Waals surface area (Å²) in [6, 6.07) is 20.2. The summed E-state index contributed by atoms with van der Waals surface area (Å²) < 4.78 is 7.87. The first-order valence-corrected chi connectivity index (χ1v) is 10.1. The van der Waals surface area contributed by atoms with E-state index in [0.717, 1.165) is 33.7 Å². The number of hydrogen-bond acceptors (Lipinski definition) is 7. The van der Waals surface area contributed by atoms with Gasteiger partial charge < -0.3 is 15.9 Å². The topological polar surface area (TPSA) is 102 Å². The molecule has 0 atom stereocenters. The maximum atomic E-state index is 5.94. The van der Waals surface area contributed by atoms with Crippen molar-refractivity contribution in [3.05, 3.63) is 95.3 Å². The van der Waals surface area contributed by atoms with Crippen molar-refractivity contribution >= 4 is 17.3 Å². The van der Waals surface area contributed by atoms with E-state index in [1.807, 2.05) is 47.3 Å². The van der Waals surface area contributed by atoms with E-state index >= 15 is 0 Å². The Hall–Kier alpha value is -4.04. The summed E-state index contributed by atoms with van der Waals surface area (Å²) in [6.07, 6.45) is 4.64. The summed E-state index contributed by atoms with van der Waals surface area (Å²) in [5.41, 5.74) is 20.1. The molecule has 156 valence electrons. The lowest BCUT2D eigenvalue weighted by molar-refractivity contribution is 0.306. The molecule has 0 amide bonds. The zero-order valence-corrected chi connectivity index (χ0v) is 16.9. The average molecular weight is 413 g/mol. The standard InChI is InChI=1S/C23H23N7O/c24-21-11-19(22-23(26-21)28-29-27-22)9-18-12-25-30(14-18)13-17-7-4-8-20(10-17)31-15-16-5-2-1-3-6-16/h1-8,10-12,14,27,29H,9,13,15H2,(H3,24,26,28). The molecule has 0 aliphatic carbocycles. The Balaban J connectivity index is 1.25. The summed E-state index contributed by atoms with van der Waals surface area (Å²) in [7, 11) is 0. The van der Waals surface area contributed by atoms with Gasteiger partial charge >= 0.3 is 0 Å². The van der Waals surface area contributed by atoms with Crippen LogP contribution in [0, 0.1) is 0 Å². The first kappa shape index (κ1) is 19.0. The van der Waals surface area contributed by atoms with Gasteiger partial charge in [0.1, 0.15) is 18.2 Å². The van der Waals surface area contributed by atoms with Gasteiger partial charge in [-0.2, -0.15) is 5.10 Å². The summed E-state index contributed by atoms with van der Waals surface area (Å²) in [6.45, 7) is 1.22. The minimum atomic E-state index is 0.478. The molecule has 0 fully saturated rings. The summed E-state index contributed by atoms with van der Waals surface area (Å²) in [5, 5.41) is 4.52. The van der Waals surface area contributed by atoms with Crippen molar-refractivity contribution in [3.8, 4) is 5.75 Å². The number of ether oxygens (including phenoxy) is 1. The van der Waals surface area contributed by atoms with E-state index < -0.39 is 0 Å². The lowest BCUT2D eigenvalue weighted by atomic mass is 10.1. The van der Waals surface area contributed by atoms with Gasteiger partial charge in [0, 0.05) is 12.6 Å². The molecule has 0 saturated heterocycles. The number of hydrogen-bond donors (Lipinski definition) is 4. The highest BCUT2D eigenvalue weighted by Gasteiger charge is 2.17. The Morgan fingerprint density at radius 1 is 0.935 bits per heavy atom. The molecule has 1 aliphatic heterocycles. The van der Waals surface area contributed by atoms with Crippen LogP contribution in [0.25, 0.3) is 0 Å². The lowest BCUT2D eigenvalue weighted by Crippen LogP contribution is -2.19. The highest BCUT2D eigenvalue weighted by molar-refractivity contribution is 5.74. The molecule has 0 unspecified atom stereocenters. The average Bonchev–Trinajstić information content (AvgIpc) is 3.43. The molecule has 5 N–H and O–H groups in total. The van der Waals surface area contributed by atoms with E-state index in [4.69, 9.17) is 10.5 Å². The van der Waals surface area contributed by atoms with Gasteiger partial charge in [-0.25, -0.2) is 4.98 Å². The van der Waals surface area contributed by atoms with Crippen molar-refractivity contribution in [3.63, 3.8) is 0 Å². The number of benzene rings is 2. The van der Waals surface area contributed by atoms with Gasteiger partial charge in [-0.1, -0.05) is 42.5 Å². The highest BCUT2D eigenvalue weighted by Crippen LogP contribution is 2.30. The zero-order chi connectivity index (χ0) is 21.0. The molecule has 8 heteroatoms. The van der Waals surface area contributed by atoms with E-state index in [-0.39, 0.29) is 0 Å². The molecule has 0 saturated carbocycles. The lowest BCUT2D eigenvalue weighted by Gasteiger charge is -2.09. The Labute approximate surface area is 180 Å². The smallest absolute Gasteiger partial charge is 0.169 e. The summed E-state index contributed by atoms with van der Waals surface area (Å²) in [4.78, 5) is 4.27. The Morgan fingerprint density at radius 3 is 2.71 bits per heavy atom. The van der Waals surface area contributed by atoms with Crippen LogP contribution in [0.5, 0.6) is 5.75 Å². The monoisotopic (exact) mass is 413 g/mol. The number of nitrogens with two attached hydrogens (primary N) is 1. The molecule has 3 heterocycles. The van der Waals surface area contributed by atoms with Gasteiger partial charge in [-0.15, -0.1) is 5.53 Å². The normalized spacial score (nSPS) is 12.1. The zero-order valence-electron chi connectivity index (χ0n) is 16.9. The Kier molecular flexibility index (Phi) is 5.12. The van der Waals surface area contributed by atoms with Gasteiger partial charge in [0.25, 0.3) is 0 Å². The van der Waals surface area contributed by atoms with E-state index in [0.29, 0.717) is 31.2 Å². The number of nitrogens with zero attached hydrogens (tertiary/aromatic N) is 3. The van der Waals surface area contributed by atoms with Crippen LogP contribution < -0.4 is 26.9 Å². The van der Waals surface area contributed by atoms with Gasteiger partial charge in [0.2, 0.25) is 0 Å². The fourth-order valence-electron chi connectivity index (χ4n) is 3.61. The van der Waals surface area contributed by atoms with E-state index in [2.05, 4.69) is 56.9 Å². The number of pyridine rings is 1. The fraction of sp³-hybridized carbons (Fsp3) is 0.130. The van der Waals surface area contributed by atoms with Gasteiger partial charge in [-0.05, 0) is 40.5 Å². The van der Waals surface area contributed by atoms with Crippen molar-refractivity contribution < 1.29 is 4.74 Å². The number of nitrogen functional groups attached to an aromatic ring is 1. The molecular weight excluding hydrogens is 390 g/mol. The van der Waals surface area contributed by atoms with Crippen LogP contribution >= 0.6 is 0 Å². The third kappa shape index (κ3) is 4.44. The summed E-state index contributed by atoms with van der Waals surface area (Å²) in [5.74, 6) is 2.03. The van der Waals surface area contributed by atoms with Crippen molar-refractivity contribution in [2.24, 2.45) is 0 Å². The Morgan fingerprint density at radius 2 is 1.81 bits per heavy atom. The van der Waals surface area contributed by atoms with E-state index in [1.165, 1.54) is 0 Å². The van der Waals surface area contributed by atoms with Crippen molar-refractivity contribution in [2.45, 2.75) is 19.6 Å². The second-order valence-electron chi connectivity index (χ2n) is 7.45. The molecule has 0 radical (unpaired) electrons. The van der Waals surface area contributed by atoms with Crippen LogP contribution in [0.1, 0.15) is 22.3 Å². The molecule has 8 nitrogen and oxygen atoms in total. The number of hydrazine groups is 2. The quantitative estimate of drug-likeness (QED) is 0.369. The maximum absolute atomic E-state index is 5.94. The third-order valence-corrected chi connectivity index (χ3v) is 5.06. The van der Waals surface area contributed by atoms with Crippen LogP contribution in [0.15, 0.2) is 73.1 Å². The minimum Gasteiger partial charge on any atom is -0.489 e. The second-order valence-corrected chi connectivity index (χ2v) is 7.45. The SMILES string of the molecule is Nc1cc(Cc2cnn(Cc3cccc(OCc4ccccc4)c3)c2)c2c(n1)NNN2. The third-order valence-electron chi connectivity index (χ3n) is 5.06. The predicted molar refractivity (Wildman–Crippen MR) is 120 cm³/mol. The fourth-order valence-corrected chi connectivity index (χ4v) is 3.61. The van der Waals surface area contributed by atoms with Gasteiger partial charge in [0.15, 0.2) is 5.82 Å². The first-order chi connectivity index (χ1) is 15.2. The summed E-state index contributed by atoms with van der Waals surface area (Å²) >= 11 is 0. The second kappa shape index (κ2) is 8.37. The van der Waals surface area contributed by atoms with E-state index in [9.17, 15) is 0 Å². The van der Waals surface area contributed by atoms with Crippen LogP contribution in [-0.2, 0) is 19.6 Å². The van der Waals surface area contributed by atoms with Crippen molar-refractivity contribution in [1.29, 1.82) is 0 Å². The molecule has 4 aromatic rings. The molecule has 5 rings (SSSR count). The Bertz CT molecular complexity index is 1190. The molecule has 1 aliphatic rings. The molecule has 0 spiro atoms. The largest absolute Gasteiger partial charge is 0.489 e. The first-order valence-electron chi connectivity index (χ1n) is 10.1. The molecule has 0 bridgehead atoms. The van der Waals surface area contributed by atoms with Crippen LogP contribution in [0.2, 0.25) is 0 Å². The number of nitrogens with one attached hydrogen (secondary N) is 3. The van der Waals surface area contributed by atoms with Gasteiger partial charge in [0.05, 0.1) is 18.4 Å². The van der Waals surface area contributed by atoms with Crippen molar-refractivity contribution in [1.82, 2.24) is 20.3 Å². The molecular formula is C23H23N7O. The number of aromatic nitrogens is 3. The molecule has 31 heavy (non-hydrogen) atoms. The van der Waals surface area contributed by atoms with Gasteiger partial charge in [-0.3, -0.25) is 10.1 Å². The molecule has 2 aromatic heterocycles. The van der Waals surface area contributed by atoms with E-state index in [1.54, 1.807) is 0 Å². The minimum absolute atomic E-state index is 0.478. The molecule has 2 aromatic carbocycles. The number of anilines is 3. The van der Waals surface area contributed by atoms with Crippen LogP contribution in [0.3, 0.4) is 0 Å². The van der Waals surface area contributed by atoms with Crippen molar-refractivity contribution in [2.75, 3.05) is 16.6 Å². The van der Waals surface area contributed by atoms with Crippen LogP contribution in [0.4, 0.5) is 17.3 Å². The number of rotatable bonds is 7.